The Labute approximate surface area is 131 Å². The fraction of sp³-hybridized carbons (Fsp3) is 0.286. The lowest BCUT2D eigenvalue weighted by Crippen LogP contribution is -2.06. The van der Waals surface area contributed by atoms with Gasteiger partial charge < -0.3 is 15.8 Å². The smallest absolute Gasteiger partial charge is 0.350 e. The van der Waals surface area contributed by atoms with Crippen LogP contribution in [0.4, 0.5) is 10.7 Å². The zero-order valence-corrected chi connectivity index (χ0v) is 13.7. The van der Waals surface area contributed by atoms with E-state index in [0.29, 0.717) is 10.6 Å². The summed E-state index contributed by atoms with van der Waals surface area (Å²) < 4.78 is 4.76. The van der Waals surface area contributed by atoms with Crippen LogP contribution in [0.25, 0.3) is 0 Å². The molecule has 21 heavy (non-hydrogen) atoms. The second kappa shape index (κ2) is 6.82. The molecule has 3 N–H and O–H groups in total. The minimum atomic E-state index is -0.408. The molecular weight excluding hydrogens is 306 g/mol. The van der Waals surface area contributed by atoms with E-state index in [-0.39, 0.29) is 6.04 Å². The van der Waals surface area contributed by atoms with Gasteiger partial charge in [0.25, 0.3) is 0 Å². The number of anilines is 2. The molecule has 112 valence electrons. The third-order valence-corrected chi connectivity index (χ3v) is 5.08. The zero-order valence-electron chi connectivity index (χ0n) is 12.0. The van der Waals surface area contributed by atoms with Gasteiger partial charge in [-0.05, 0) is 24.8 Å². The predicted octanol–water partition coefficient (Wildman–Crippen LogP) is 3.41. The number of nitrogens with zero attached hydrogens (tertiary/aromatic N) is 1. The molecule has 0 aliphatic rings. The normalized spacial score (nSPS) is 12.0. The van der Waals surface area contributed by atoms with Crippen molar-refractivity contribution in [2.24, 2.45) is 0 Å². The summed E-state index contributed by atoms with van der Waals surface area (Å²) in [6.07, 6.45) is 5.48. The molecule has 5 nitrogen and oxygen atoms in total. The van der Waals surface area contributed by atoms with Crippen molar-refractivity contribution in [2.45, 2.75) is 17.9 Å². The highest BCUT2D eigenvalue weighted by Gasteiger charge is 2.22. The summed E-state index contributed by atoms with van der Waals surface area (Å²) in [5, 5.41) is 4.26. The van der Waals surface area contributed by atoms with Crippen molar-refractivity contribution in [3.05, 3.63) is 35.0 Å². The first kappa shape index (κ1) is 15.7. The lowest BCUT2D eigenvalue weighted by Gasteiger charge is -2.14. The van der Waals surface area contributed by atoms with E-state index in [1.807, 2.05) is 31.5 Å². The Balaban J connectivity index is 2.29. The molecule has 0 aromatic carbocycles. The van der Waals surface area contributed by atoms with Crippen LogP contribution in [-0.2, 0) is 4.74 Å². The summed E-state index contributed by atoms with van der Waals surface area (Å²) in [5.74, 6) is -0.408. The molecule has 0 saturated heterocycles. The third-order valence-electron chi connectivity index (χ3n) is 3.01. The molecule has 1 atom stereocenters. The minimum absolute atomic E-state index is 0.0631. The molecule has 0 radical (unpaired) electrons. The summed E-state index contributed by atoms with van der Waals surface area (Å²) in [5.41, 5.74) is 7.58. The number of thiophene rings is 1. The number of carbonyl (C=O) groups excluding carboxylic acids is 1. The Morgan fingerprint density at radius 2 is 2.33 bits per heavy atom. The number of rotatable bonds is 5. The molecule has 0 fully saturated rings. The van der Waals surface area contributed by atoms with E-state index < -0.39 is 5.97 Å². The van der Waals surface area contributed by atoms with Crippen LogP contribution in [0.5, 0.6) is 0 Å². The Hall–Kier alpha value is -1.73. The van der Waals surface area contributed by atoms with Crippen LogP contribution in [0, 0.1) is 0 Å². The number of esters is 1. The van der Waals surface area contributed by atoms with Crippen molar-refractivity contribution < 1.29 is 9.53 Å². The number of ether oxygens (including phenoxy) is 1. The van der Waals surface area contributed by atoms with E-state index in [9.17, 15) is 4.79 Å². The van der Waals surface area contributed by atoms with E-state index in [1.54, 1.807) is 6.20 Å². The molecule has 0 aliphatic heterocycles. The van der Waals surface area contributed by atoms with Gasteiger partial charge in [0.05, 0.1) is 23.7 Å². The quantitative estimate of drug-likeness (QED) is 0.648. The molecule has 0 saturated carbocycles. The maximum Gasteiger partial charge on any atom is 0.350 e. The van der Waals surface area contributed by atoms with Crippen LogP contribution in [0.15, 0.2) is 29.4 Å². The molecule has 1 unspecified atom stereocenters. The van der Waals surface area contributed by atoms with Crippen LogP contribution in [0.3, 0.4) is 0 Å². The number of nitrogens with one attached hydrogen (secondary N) is 1. The van der Waals surface area contributed by atoms with E-state index in [2.05, 4.69) is 10.3 Å². The number of thioether (sulfide) groups is 1. The van der Waals surface area contributed by atoms with Gasteiger partial charge in [0, 0.05) is 12.4 Å². The van der Waals surface area contributed by atoms with Crippen molar-refractivity contribution in [1.29, 1.82) is 0 Å². The first-order chi connectivity index (χ1) is 10.1. The van der Waals surface area contributed by atoms with E-state index in [0.717, 1.165) is 15.5 Å². The van der Waals surface area contributed by atoms with Gasteiger partial charge in [-0.1, -0.05) is 6.07 Å². The molecule has 2 aromatic rings. The molecule has 2 heterocycles. The van der Waals surface area contributed by atoms with Crippen molar-refractivity contribution in [2.75, 3.05) is 24.4 Å². The fourth-order valence-corrected chi connectivity index (χ4v) is 3.91. The van der Waals surface area contributed by atoms with Crippen LogP contribution in [0.2, 0.25) is 0 Å². The maximum absolute atomic E-state index is 11.7. The Morgan fingerprint density at radius 3 is 2.90 bits per heavy atom. The Kier molecular flexibility index (Phi) is 5.08. The van der Waals surface area contributed by atoms with Gasteiger partial charge in [-0.15, -0.1) is 23.1 Å². The third kappa shape index (κ3) is 3.30. The van der Waals surface area contributed by atoms with Crippen LogP contribution in [-0.4, -0.2) is 24.3 Å². The topological polar surface area (TPSA) is 77.2 Å². The predicted molar refractivity (Wildman–Crippen MR) is 88.1 cm³/mol. The molecule has 0 bridgehead atoms. The molecular formula is C14H17N3O2S2. The number of hydrogen-bond acceptors (Lipinski definition) is 7. The number of nitrogens with two attached hydrogens (primary N) is 1. The fourth-order valence-electron chi connectivity index (χ4n) is 1.88. The van der Waals surface area contributed by atoms with Gasteiger partial charge in [-0.2, -0.15) is 0 Å². The van der Waals surface area contributed by atoms with Crippen LogP contribution < -0.4 is 11.1 Å². The molecule has 0 spiro atoms. The highest BCUT2D eigenvalue weighted by Crippen LogP contribution is 2.43. The lowest BCUT2D eigenvalue weighted by atomic mass is 10.1. The number of nitrogen functional groups attached to an aromatic ring is 1. The van der Waals surface area contributed by atoms with Gasteiger partial charge in [0.15, 0.2) is 0 Å². The lowest BCUT2D eigenvalue weighted by molar-refractivity contribution is 0.0607. The van der Waals surface area contributed by atoms with Gasteiger partial charge in [-0.25, -0.2) is 4.79 Å². The highest BCUT2D eigenvalue weighted by molar-refractivity contribution is 7.99. The largest absolute Gasteiger partial charge is 0.465 e. The van der Waals surface area contributed by atoms with Crippen molar-refractivity contribution in [3.8, 4) is 0 Å². The first-order valence-electron chi connectivity index (χ1n) is 6.29. The summed E-state index contributed by atoms with van der Waals surface area (Å²) in [6, 6.07) is 3.96. The molecule has 7 heteroatoms. The van der Waals surface area contributed by atoms with Gasteiger partial charge >= 0.3 is 5.97 Å². The number of aromatic nitrogens is 1. The van der Waals surface area contributed by atoms with Gasteiger partial charge in [0.1, 0.15) is 9.88 Å². The number of carbonyl (C=O) groups is 1. The SMILES string of the molecule is COC(=O)c1sc(NC(C)c2cccnc2)c(SC)c1N. The maximum atomic E-state index is 11.7. The van der Waals surface area contributed by atoms with Crippen LogP contribution in [0.1, 0.15) is 28.2 Å². The molecule has 0 aliphatic carbocycles. The van der Waals surface area contributed by atoms with E-state index >= 15 is 0 Å². The van der Waals surface area contributed by atoms with Crippen LogP contribution >= 0.6 is 23.1 Å². The zero-order chi connectivity index (χ0) is 15.4. The monoisotopic (exact) mass is 323 g/mol. The number of methoxy groups -OCH3 is 1. The molecule has 2 rings (SSSR count). The number of hydrogen-bond donors (Lipinski definition) is 2. The average molecular weight is 323 g/mol. The second-order valence-corrected chi connectivity index (χ2v) is 6.19. The minimum Gasteiger partial charge on any atom is -0.465 e. The Morgan fingerprint density at radius 1 is 1.57 bits per heavy atom. The van der Waals surface area contributed by atoms with E-state index in [1.165, 1.54) is 30.2 Å². The number of pyridine rings is 1. The highest BCUT2D eigenvalue weighted by atomic mass is 32.2. The van der Waals surface area contributed by atoms with Crippen molar-refractivity contribution >= 4 is 39.8 Å². The summed E-state index contributed by atoms with van der Waals surface area (Å²) in [7, 11) is 1.35. The summed E-state index contributed by atoms with van der Waals surface area (Å²) in [4.78, 5) is 17.2. The second-order valence-electron chi connectivity index (χ2n) is 4.35. The standard InChI is InChI=1S/C14H17N3O2S2/c1-8(9-5-4-6-16-7-9)17-13-11(20-3)10(15)12(21-13)14(18)19-2/h4-8,17H,15H2,1-3H3. The average Bonchev–Trinajstić information content (AvgIpc) is 2.83. The van der Waals surface area contributed by atoms with Crippen molar-refractivity contribution in [1.82, 2.24) is 4.98 Å². The Bertz CT molecular complexity index is 629. The summed E-state index contributed by atoms with van der Waals surface area (Å²) >= 11 is 2.82. The molecule has 0 amide bonds. The van der Waals surface area contributed by atoms with E-state index in [4.69, 9.17) is 10.5 Å². The van der Waals surface area contributed by atoms with Gasteiger partial charge in [-0.3, -0.25) is 4.98 Å². The van der Waals surface area contributed by atoms with Gasteiger partial charge in [0.2, 0.25) is 0 Å². The van der Waals surface area contributed by atoms with Crippen molar-refractivity contribution in [3.63, 3.8) is 0 Å². The first-order valence-corrected chi connectivity index (χ1v) is 8.33. The molecule has 2 aromatic heterocycles. The summed E-state index contributed by atoms with van der Waals surface area (Å²) in [6.45, 7) is 2.04.